The molecule has 0 saturated carbocycles. The lowest BCUT2D eigenvalue weighted by molar-refractivity contribution is -0.127. The first-order valence-corrected chi connectivity index (χ1v) is 11.3. The van der Waals surface area contributed by atoms with Gasteiger partial charge in [0, 0.05) is 5.69 Å². The summed E-state index contributed by atoms with van der Waals surface area (Å²) < 4.78 is 10.9. The standard InChI is InChI=1S/C26H22N2O5S/c1-32-21-13-9-20(10-14-21)27-24(29)16-28-25(30)23(34-26(28)31)15-18-7-11-22(12-8-18)33-17-19-5-3-2-4-6-19/h2-15H,16-17H2,1H3,(H,27,29)/b23-15+. The molecule has 0 aliphatic carbocycles. The Morgan fingerprint density at radius 2 is 1.62 bits per heavy atom. The van der Waals surface area contributed by atoms with Gasteiger partial charge in [-0.2, -0.15) is 0 Å². The van der Waals surface area contributed by atoms with Crippen LogP contribution in [0.15, 0.2) is 83.8 Å². The normalized spacial score (nSPS) is 14.4. The summed E-state index contributed by atoms with van der Waals surface area (Å²) in [7, 11) is 1.55. The van der Waals surface area contributed by atoms with Crippen molar-refractivity contribution in [3.05, 3.63) is 94.9 Å². The number of nitrogens with zero attached hydrogens (tertiary/aromatic N) is 1. The van der Waals surface area contributed by atoms with E-state index in [1.807, 2.05) is 42.5 Å². The van der Waals surface area contributed by atoms with Crippen molar-refractivity contribution in [3.63, 3.8) is 0 Å². The van der Waals surface area contributed by atoms with Crippen LogP contribution < -0.4 is 14.8 Å². The number of hydrogen-bond donors (Lipinski definition) is 1. The van der Waals surface area contributed by atoms with Crippen LogP contribution >= 0.6 is 11.8 Å². The molecule has 0 aromatic heterocycles. The molecule has 172 valence electrons. The van der Waals surface area contributed by atoms with E-state index in [0.29, 0.717) is 23.8 Å². The zero-order valence-electron chi connectivity index (χ0n) is 18.4. The molecule has 34 heavy (non-hydrogen) atoms. The second kappa shape index (κ2) is 10.7. The second-order valence-corrected chi connectivity index (χ2v) is 8.38. The molecule has 8 heteroatoms. The molecule has 0 radical (unpaired) electrons. The maximum absolute atomic E-state index is 12.7. The molecule has 1 aliphatic heterocycles. The van der Waals surface area contributed by atoms with Gasteiger partial charge >= 0.3 is 0 Å². The molecule has 0 atom stereocenters. The Morgan fingerprint density at radius 3 is 2.29 bits per heavy atom. The fourth-order valence-corrected chi connectivity index (χ4v) is 4.05. The van der Waals surface area contributed by atoms with Gasteiger partial charge in [0.05, 0.1) is 12.0 Å². The lowest BCUT2D eigenvalue weighted by Gasteiger charge is -2.12. The van der Waals surface area contributed by atoms with Gasteiger partial charge in [-0.15, -0.1) is 0 Å². The Kier molecular flexibility index (Phi) is 7.29. The van der Waals surface area contributed by atoms with Crippen LogP contribution in [-0.4, -0.2) is 35.6 Å². The smallest absolute Gasteiger partial charge is 0.294 e. The van der Waals surface area contributed by atoms with Gasteiger partial charge in [0.15, 0.2) is 0 Å². The molecule has 1 fully saturated rings. The van der Waals surface area contributed by atoms with E-state index in [2.05, 4.69) is 5.32 Å². The van der Waals surface area contributed by atoms with Crippen LogP contribution in [0.2, 0.25) is 0 Å². The minimum Gasteiger partial charge on any atom is -0.497 e. The summed E-state index contributed by atoms with van der Waals surface area (Å²) in [5.74, 6) is 0.395. The molecule has 7 nitrogen and oxygen atoms in total. The van der Waals surface area contributed by atoms with Crippen molar-refractivity contribution in [2.75, 3.05) is 19.0 Å². The van der Waals surface area contributed by atoms with Crippen molar-refractivity contribution in [2.45, 2.75) is 6.61 Å². The minimum absolute atomic E-state index is 0.264. The van der Waals surface area contributed by atoms with E-state index >= 15 is 0 Å². The quantitative estimate of drug-likeness (QED) is 0.465. The van der Waals surface area contributed by atoms with E-state index in [-0.39, 0.29) is 11.4 Å². The number of carbonyl (C=O) groups excluding carboxylic acids is 3. The number of carbonyl (C=O) groups is 3. The molecule has 4 rings (SSSR count). The number of anilines is 1. The minimum atomic E-state index is -0.496. The number of hydrogen-bond acceptors (Lipinski definition) is 6. The van der Waals surface area contributed by atoms with Crippen LogP contribution in [0.3, 0.4) is 0 Å². The van der Waals surface area contributed by atoms with Crippen LogP contribution in [0.1, 0.15) is 11.1 Å². The third kappa shape index (κ3) is 5.85. The largest absolute Gasteiger partial charge is 0.497 e. The van der Waals surface area contributed by atoms with E-state index in [4.69, 9.17) is 9.47 Å². The molecule has 1 heterocycles. The lowest BCUT2D eigenvalue weighted by atomic mass is 10.2. The van der Waals surface area contributed by atoms with Crippen LogP contribution in [0.4, 0.5) is 10.5 Å². The Labute approximate surface area is 201 Å². The molecule has 0 spiro atoms. The summed E-state index contributed by atoms with van der Waals surface area (Å²) in [5.41, 5.74) is 2.36. The van der Waals surface area contributed by atoms with Crippen molar-refractivity contribution in [2.24, 2.45) is 0 Å². The molecule has 3 aromatic rings. The van der Waals surface area contributed by atoms with E-state index in [9.17, 15) is 14.4 Å². The maximum atomic E-state index is 12.7. The van der Waals surface area contributed by atoms with Gasteiger partial charge in [-0.05, 0) is 65.4 Å². The van der Waals surface area contributed by atoms with E-state index in [1.54, 1.807) is 49.6 Å². The summed E-state index contributed by atoms with van der Waals surface area (Å²) in [6.45, 7) is 0.0952. The summed E-state index contributed by atoms with van der Waals surface area (Å²) in [4.78, 5) is 38.6. The first-order chi connectivity index (χ1) is 16.5. The van der Waals surface area contributed by atoms with E-state index in [1.165, 1.54) is 0 Å². The lowest BCUT2D eigenvalue weighted by Crippen LogP contribution is -2.36. The summed E-state index contributed by atoms with van der Waals surface area (Å²) in [6.07, 6.45) is 1.63. The predicted octanol–water partition coefficient (Wildman–Crippen LogP) is 4.95. The highest BCUT2D eigenvalue weighted by Crippen LogP contribution is 2.32. The van der Waals surface area contributed by atoms with Crippen LogP contribution in [0.5, 0.6) is 11.5 Å². The average Bonchev–Trinajstić information content (AvgIpc) is 3.12. The molecule has 3 amide bonds. The number of amides is 3. The van der Waals surface area contributed by atoms with Gasteiger partial charge in [0.1, 0.15) is 24.7 Å². The summed E-state index contributed by atoms with van der Waals surface area (Å²) in [5, 5.41) is 2.19. The molecule has 1 N–H and O–H groups in total. The molecule has 0 unspecified atom stereocenters. The van der Waals surface area contributed by atoms with Crippen molar-refractivity contribution in [3.8, 4) is 11.5 Å². The fraction of sp³-hybridized carbons (Fsp3) is 0.115. The monoisotopic (exact) mass is 474 g/mol. The number of rotatable bonds is 8. The first-order valence-electron chi connectivity index (χ1n) is 10.5. The highest BCUT2D eigenvalue weighted by atomic mass is 32.2. The Balaban J connectivity index is 1.34. The molecule has 1 aliphatic rings. The van der Waals surface area contributed by atoms with Gasteiger partial charge < -0.3 is 14.8 Å². The highest BCUT2D eigenvalue weighted by Gasteiger charge is 2.36. The Hall–Kier alpha value is -4.04. The Bertz CT molecular complexity index is 1210. The van der Waals surface area contributed by atoms with E-state index in [0.717, 1.165) is 27.8 Å². The molecular weight excluding hydrogens is 452 g/mol. The van der Waals surface area contributed by atoms with E-state index < -0.39 is 17.1 Å². The molecule has 3 aromatic carbocycles. The SMILES string of the molecule is COc1ccc(NC(=O)CN2C(=O)S/C(=C/c3ccc(OCc4ccccc4)cc3)C2=O)cc1. The van der Waals surface area contributed by atoms with Crippen molar-refractivity contribution >= 4 is 40.6 Å². The van der Waals surface area contributed by atoms with Crippen LogP contribution in [-0.2, 0) is 16.2 Å². The van der Waals surface area contributed by atoms with Gasteiger partial charge in [0.2, 0.25) is 5.91 Å². The zero-order valence-corrected chi connectivity index (χ0v) is 19.2. The van der Waals surface area contributed by atoms with Gasteiger partial charge in [0.25, 0.3) is 11.1 Å². The van der Waals surface area contributed by atoms with Gasteiger partial charge in [-0.3, -0.25) is 19.3 Å². The maximum Gasteiger partial charge on any atom is 0.294 e. The fourth-order valence-electron chi connectivity index (χ4n) is 3.21. The van der Waals surface area contributed by atoms with Gasteiger partial charge in [-0.1, -0.05) is 42.5 Å². The summed E-state index contributed by atoms with van der Waals surface area (Å²) in [6, 6.07) is 23.8. The third-order valence-corrected chi connectivity index (χ3v) is 5.88. The van der Waals surface area contributed by atoms with Crippen molar-refractivity contribution < 1.29 is 23.9 Å². The van der Waals surface area contributed by atoms with Crippen molar-refractivity contribution in [1.29, 1.82) is 0 Å². The number of benzene rings is 3. The Morgan fingerprint density at radius 1 is 0.941 bits per heavy atom. The van der Waals surface area contributed by atoms with Crippen molar-refractivity contribution in [1.82, 2.24) is 4.90 Å². The van der Waals surface area contributed by atoms with Crippen LogP contribution in [0, 0.1) is 0 Å². The molecule has 0 bridgehead atoms. The average molecular weight is 475 g/mol. The number of imide groups is 1. The number of nitrogens with one attached hydrogen (secondary N) is 1. The zero-order chi connectivity index (χ0) is 23.9. The first kappa shape index (κ1) is 23.1. The summed E-state index contributed by atoms with van der Waals surface area (Å²) >= 11 is 0.812. The van der Waals surface area contributed by atoms with Gasteiger partial charge in [-0.25, -0.2) is 0 Å². The topological polar surface area (TPSA) is 84.9 Å². The molecule has 1 saturated heterocycles. The molecular formula is C26H22N2O5S. The number of methoxy groups -OCH3 is 1. The number of thioether (sulfide) groups is 1. The van der Waals surface area contributed by atoms with Crippen LogP contribution in [0.25, 0.3) is 6.08 Å². The number of ether oxygens (including phenoxy) is 2. The predicted molar refractivity (Wildman–Crippen MR) is 132 cm³/mol. The second-order valence-electron chi connectivity index (χ2n) is 7.39. The highest BCUT2D eigenvalue weighted by molar-refractivity contribution is 8.18. The third-order valence-electron chi connectivity index (χ3n) is 4.98.